The van der Waals surface area contributed by atoms with Crippen molar-refractivity contribution >= 4 is 16.6 Å². The maximum absolute atomic E-state index is 12.4. The third-order valence-electron chi connectivity index (χ3n) is 3.19. The minimum atomic E-state index is 0.0632. The highest BCUT2D eigenvalue weighted by atomic mass is 16.1. The molecule has 0 unspecified atom stereocenters. The van der Waals surface area contributed by atoms with E-state index in [4.69, 9.17) is 0 Å². The van der Waals surface area contributed by atoms with Gasteiger partial charge in [0.05, 0.1) is 5.69 Å². The smallest absolute Gasteiger partial charge is 0.209 e. The molecule has 3 aromatic rings. The first-order valence-electron chi connectivity index (χ1n) is 5.90. The Kier molecular flexibility index (Phi) is 2.49. The Hall–Kier alpha value is -2.35. The van der Waals surface area contributed by atoms with Crippen LogP contribution in [0, 0.1) is 0 Å². The van der Waals surface area contributed by atoms with Crippen LogP contribution < -0.4 is 0 Å². The molecule has 0 saturated heterocycles. The topological polar surface area (TPSA) is 22.0 Å². The quantitative estimate of drug-likeness (QED) is 0.624. The number of nitrogens with zero attached hydrogens (tertiary/aromatic N) is 1. The van der Waals surface area contributed by atoms with Crippen LogP contribution in [-0.2, 0) is 7.05 Å². The minimum Gasteiger partial charge on any atom is -0.348 e. The van der Waals surface area contributed by atoms with Crippen molar-refractivity contribution in [3.63, 3.8) is 0 Å². The van der Waals surface area contributed by atoms with Crippen LogP contribution >= 0.6 is 0 Å². The van der Waals surface area contributed by atoms with Gasteiger partial charge in [-0.25, -0.2) is 0 Å². The summed E-state index contributed by atoms with van der Waals surface area (Å²) < 4.78 is 1.84. The molecule has 0 fully saturated rings. The molecular formula is C16H13NO. The number of carbonyl (C=O) groups is 1. The molecule has 0 N–H and O–H groups in total. The summed E-state index contributed by atoms with van der Waals surface area (Å²) >= 11 is 0. The zero-order valence-electron chi connectivity index (χ0n) is 10.1. The number of benzene rings is 2. The lowest BCUT2D eigenvalue weighted by Crippen LogP contribution is -2.06. The number of hydrogen-bond donors (Lipinski definition) is 0. The number of rotatable bonds is 2. The predicted molar refractivity (Wildman–Crippen MR) is 72.8 cm³/mol. The Bertz CT molecular complexity index is 725. The highest BCUT2D eigenvalue weighted by molar-refractivity contribution is 6.09. The van der Waals surface area contributed by atoms with Crippen LogP contribution in [0.1, 0.15) is 16.1 Å². The maximum atomic E-state index is 12.4. The van der Waals surface area contributed by atoms with E-state index in [2.05, 4.69) is 0 Å². The fourth-order valence-corrected chi connectivity index (χ4v) is 2.18. The van der Waals surface area contributed by atoms with Crippen molar-refractivity contribution in [2.24, 2.45) is 7.05 Å². The molecule has 0 atom stereocenters. The number of aromatic nitrogens is 1. The molecule has 0 aliphatic rings. The van der Waals surface area contributed by atoms with Gasteiger partial charge in [-0.15, -0.1) is 0 Å². The Labute approximate surface area is 105 Å². The van der Waals surface area contributed by atoms with Crippen LogP contribution in [0.4, 0.5) is 0 Å². The second-order valence-corrected chi connectivity index (χ2v) is 4.40. The van der Waals surface area contributed by atoms with Gasteiger partial charge >= 0.3 is 0 Å². The average molecular weight is 235 g/mol. The number of aryl methyl sites for hydroxylation is 1. The van der Waals surface area contributed by atoms with Gasteiger partial charge in [0, 0.05) is 18.8 Å². The van der Waals surface area contributed by atoms with Gasteiger partial charge in [-0.2, -0.15) is 0 Å². The third kappa shape index (κ3) is 1.72. The fourth-order valence-electron chi connectivity index (χ4n) is 2.18. The van der Waals surface area contributed by atoms with E-state index in [1.54, 1.807) is 0 Å². The van der Waals surface area contributed by atoms with Crippen LogP contribution in [0.15, 0.2) is 60.8 Å². The first-order valence-corrected chi connectivity index (χ1v) is 5.90. The van der Waals surface area contributed by atoms with E-state index in [0.717, 1.165) is 16.3 Å². The summed E-state index contributed by atoms with van der Waals surface area (Å²) in [4.78, 5) is 12.4. The van der Waals surface area contributed by atoms with Crippen molar-refractivity contribution in [1.82, 2.24) is 4.57 Å². The number of ketones is 1. The Morgan fingerprint density at radius 3 is 2.44 bits per heavy atom. The molecule has 0 radical (unpaired) electrons. The molecule has 0 bridgehead atoms. The second-order valence-electron chi connectivity index (χ2n) is 4.40. The van der Waals surface area contributed by atoms with Crippen LogP contribution in [0.2, 0.25) is 0 Å². The van der Waals surface area contributed by atoms with Crippen LogP contribution in [-0.4, -0.2) is 10.4 Å². The van der Waals surface area contributed by atoms with Crippen molar-refractivity contribution in [3.05, 3.63) is 72.1 Å². The third-order valence-corrected chi connectivity index (χ3v) is 3.19. The van der Waals surface area contributed by atoms with Gasteiger partial charge in [-0.1, -0.05) is 36.4 Å². The maximum Gasteiger partial charge on any atom is 0.209 e. The van der Waals surface area contributed by atoms with Crippen molar-refractivity contribution in [2.75, 3.05) is 0 Å². The molecule has 18 heavy (non-hydrogen) atoms. The molecule has 0 spiro atoms. The molecular weight excluding hydrogens is 222 g/mol. The molecule has 88 valence electrons. The fraction of sp³-hybridized carbons (Fsp3) is 0.0625. The van der Waals surface area contributed by atoms with E-state index in [9.17, 15) is 4.79 Å². The molecule has 2 aromatic carbocycles. The van der Waals surface area contributed by atoms with Gasteiger partial charge in [0.25, 0.3) is 0 Å². The summed E-state index contributed by atoms with van der Waals surface area (Å²) in [5, 5.41) is 2.25. The normalized spacial score (nSPS) is 10.7. The molecule has 0 saturated carbocycles. The van der Waals surface area contributed by atoms with Crippen molar-refractivity contribution in [1.29, 1.82) is 0 Å². The van der Waals surface area contributed by atoms with Gasteiger partial charge < -0.3 is 4.57 Å². The molecule has 0 aliphatic carbocycles. The van der Waals surface area contributed by atoms with Gasteiger partial charge in [-0.05, 0) is 29.0 Å². The first kappa shape index (κ1) is 10.8. The largest absolute Gasteiger partial charge is 0.348 e. The standard InChI is InChI=1S/C16H13NO/c1-17-10-4-7-15(17)16(18)14-9-8-12-5-2-3-6-13(12)11-14/h2-11H,1H3. The summed E-state index contributed by atoms with van der Waals surface area (Å²) in [5.41, 5.74) is 1.45. The SMILES string of the molecule is Cn1cccc1C(=O)c1ccc2ccccc2c1. The highest BCUT2D eigenvalue weighted by Gasteiger charge is 2.11. The van der Waals surface area contributed by atoms with Crippen LogP contribution in [0.25, 0.3) is 10.8 Å². The molecule has 1 heterocycles. The van der Waals surface area contributed by atoms with Crippen LogP contribution in [0.3, 0.4) is 0 Å². The van der Waals surface area contributed by atoms with Gasteiger partial charge in [-0.3, -0.25) is 4.79 Å². The molecule has 1 aromatic heterocycles. The van der Waals surface area contributed by atoms with Crippen molar-refractivity contribution < 1.29 is 4.79 Å². The summed E-state index contributed by atoms with van der Waals surface area (Å²) in [7, 11) is 1.88. The molecule has 2 nitrogen and oxygen atoms in total. The van der Waals surface area contributed by atoms with E-state index < -0.39 is 0 Å². The lowest BCUT2D eigenvalue weighted by Gasteiger charge is -2.04. The predicted octanol–water partition coefficient (Wildman–Crippen LogP) is 3.41. The van der Waals surface area contributed by atoms with Gasteiger partial charge in [0.15, 0.2) is 0 Å². The number of hydrogen-bond acceptors (Lipinski definition) is 1. The molecule has 0 aliphatic heterocycles. The van der Waals surface area contributed by atoms with E-state index in [1.807, 2.05) is 72.4 Å². The summed E-state index contributed by atoms with van der Waals surface area (Å²) in [6.45, 7) is 0. The van der Waals surface area contributed by atoms with E-state index in [-0.39, 0.29) is 5.78 Å². The Balaban J connectivity index is 2.10. The zero-order chi connectivity index (χ0) is 12.5. The minimum absolute atomic E-state index is 0.0632. The second kappa shape index (κ2) is 4.15. The summed E-state index contributed by atoms with van der Waals surface area (Å²) in [6, 6.07) is 17.6. The first-order chi connectivity index (χ1) is 8.75. The molecule has 2 heteroatoms. The van der Waals surface area contributed by atoms with Gasteiger partial charge in [0.1, 0.15) is 0 Å². The van der Waals surface area contributed by atoms with Crippen molar-refractivity contribution in [3.8, 4) is 0 Å². The monoisotopic (exact) mass is 235 g/mol. The highest BCUT2D eigenvalue weighted by Crippen LogP contribution is 2.18. The van der Waals surface area contributed by atoms with E-state index >= 15 is 0 Å². The Morgan fingerprint density at radius 2 is 1.72 bits per heavy atom. The summed E-state index contributed by atoms with van der Waals surface area (Å²) in [6.07, 6.45) is 1.88. The van der Waals surface area contributed by atoms with Gasteiger partial charge in [0.2, 0.25) is 5.78 Å². The molecule has 3 rings (SSSR count). The number of carbonyl (C=O) groups excluding carboxylic acids is 1. The lowest BCUT2D eigenvalue weighted by molar-refractivity contribution is 0.103. The zero-order valence-corrected chi connectivity index (χ0v) is 10.1. The van der Waals surface area contributed by atoms with Crippen molar-refractivity contribution in [2.45, 2.75) is 0 Å². The van der Waals surface area contributed by atoms with E-state index in [1.165, 1.54) is 0 Å². The summed E-state index contributed by atoms with van der Waals surface area (Å²) in [5.74, 6) is 0.0632. The Morgan fingerprint density at radius 1 is 0.944 bits per heavy atom. The number of fused-ring (bicyclic) bond motifs is 1. The molecule has 0 amide bonds. The average Bonchev–Trinajstić information content (AvgIpc) is 2.83. The lowest BCUT2D eigenvalue weighted by atomic mass is 10.0. The van der Waals surface area contributed by atoms with E-state index in [0.29, 0.717) is 5.69 Å². The van der Waals surface area contributed by atoms with Crippen LogP contribution in [0.5, 0.6) is 0 Å².